The van der Waals surface area contributed by atoms with Crippen LogP contribution in [0.1, 0.15) is 29.2 Å². The predicted molar refractivity (Wildman–Crippen MR) is 166 cm³/mol. The highest BCUT2D eigenvalue weighted by Gasteiger charge is 2.34. The van der Waals surface area contributed by atoms with Crippen LogP contribution in [0.25, 0.3) is 0 Å². The van der Waals surface area contributed by atoms with Crippen molar-refractivity contribution in [2.45, 2.75) is 44.7 Å². The summed E-state index contributed by atoms with van der Waals surface area (Å²) in [6, 6.07) is 31.6. The zero-order valence-electron chi connectivity index (χ0n) is 24.2. The van der Waals surface area contributed by atoms with Crippen molar-refractivity contribution in [3.8, 4) is 0 Å². The van der Waals surface area contributed by atoms with Gasteiger partial charge in [-0.2, -0.15) is 0 Å². The lowest BCUT2D eigenvalue weighted by Crippen LogP contribution is -2.53. The Morgan fingerprint density at radius 3 is 1.81 bits per heavy atom. The summed E-state index contributed by atoms with van der Waals surface area (Å²) in [5.74, 6) is -0.781. The molecule has 0 saturated heterocycles. The van der Waals surface area contributed by atoms with Crippen LogP contribution in [0.2, 0.25) is 0 Å². The summed E-state index contributed by atoms with van der Waals surface area (Å²) in [5, 5.41) is 2.87. The van der Waals surface area contributed by atoms with Crippen LogP contribution in [0.3, 0.4) is 0 Å². The van der Waals surface area contributed by atoms with E-state index in [1.165, 1.54) is 4.90 Å². The lowest BCUT2D eigenvalue weighted by atomic mass is 10.0. The second-order valence-corrected chi connectivity index (χ2v) is 12.1. The molecule has 0 aliphatic rings. The maximum absolute atomic E-state index is 14.3. The average molecular weight is 584 g/mol. The van der Waals surface area contributed by atoms with Crippen molar-refractivity contribution in [2.75, 3.05) is 17.4 Å². The van der Waals surface area contributed by atoms with Gasteiger partial charge in [0.15, 0.2) is 0 Å². The Morgan fingerprint density at radius 1 is 0.738 bits per heavy atom. The van der Waals surface area contributed by atoms with Gasteiger partial charge >= 0.3 is 0 Å². The van der Waals surface area contributed by atoms with E-state index in [4.69, 9.17) is 0 Å². The van der Waals surface area contributed by atoms with E-state index in [0.717, 1.165) is 26.6 Å². The standard InChI is InChI=1S/C34H37N3O4S/c1-4-35-34(39)32(23-28-11-7-5-8-12-28)36(24-29-13-9-6-10-14-29)33(38)25-37(30-19-15-26(2)16-20-30)42(40,41)31-21-17-27(3)18-22-31/h5-22,32H,4,23-25H2,1-3H3,(H,35,39)/t32-/m1/s1. The summed E-state index contributed by atoms with van der Waals surface area (Å²) in [6.45, 7) is 5.68. The SMILES string of the molecule is CCNC(=O)[C@@H](Cc1ccccc1)N(Cc1ccccc1)C(=O)CN(c1ccc(C)cc1)S(=O)(=O)c1ccc(C)cc1. The monoisotopic (exact) mass is 583 g/mol. The molecule has 0 fully saturated rings. The molecule has 2 amide bonds. The van der Waals surface area contributed by atoms with Gasteiger partial charge in [0.1, 0.15) is 12.6 Å². The first-order chi connectivity index (χ1) is 20.2. The van der Waals surface area contributed by atoms with Crippen LogP contribution in [-0.2, 0) is 32.6 Å². The topological polar surface area (TPSA) is 86.8 Å². The van der Waals surface area contributed by atoms with Gasteiger partial charge in [-0.1, -0.05) is 96.1 Å². The Balaban J connectivity index is 1.77. The van der Waals surface area contributed by atoms with Crippen LogP contribution in [0, 0.1) is 13.8 Å². The van der Waals surface area contributed by atoms with Gasteiger partial charge in [0.25, 0.3) is 10.0 Å². The minimum atomic E-state index is -4.11. The first-order valence-electron chi connectivity index (χ1n) is 14.0. The molecular formula is C34H37N3O4S. The molecule has 4 aromatic rings. The summed E-state index contributed by atoms with van der Waals surface area (Å²) in [5.41, 5.74) is 3.97. The zero-order valence-corrected chi connectivity index (χ0v) is 25.1. The first kappa shape index (κ1) is 30.5. The van der Waals surface area contributed by atoms with Crippen LogP contribution in [0.4, 0.5) is 5.69 Å². The molecule has 1 atom stereocenters. The Kier molecular flexibility index (Phi) is 10.1. The van der Waals surface area contributed by atoms with Crippen molar-refractivity contribution in [1.82, 2.24) is 10.2 Å². The van der Waals surface area contributed by atoms with E-state index < -0.39 is 28.5 Å². The van der Waals surface area contributed by atoms with Gasteiger partial charge in [0.05, 0.1) is 10.6 Å². The average Bonchev–Trinajstić information content (AvgIpc) is 2.99. The van der Waals surface area contributed by atoms with Gasteiger partial charge in [-0.25, -0.2) is 8.42 Å². The van der Waals surface area contributed by atoms with E-state index in [1.54, 1.807) is 36.4 Å². The van der Waals surface area contributed by atoms with Crippen molar-refractivity contribution in [3.05, 3.63) is 131 Å². The fourth-order valence-corrected chi connectivity index (χ4v) is 6.12. The molecule has 7 nitrogen and oxygen atoms in total. The third kappa shape index (κ3) is 7.64. The van der Waals surface area contributed by atoms with Crippen LogP contribution >= 0.6 is 0 Å². The number of hydrogen-bond acceptors (Lipinski definition) is 4. The van der Waals surface area contributed by atoms with Crippen LogP contribution < -0.4 is 9.62 Å². The van der Waals surface area contributed by atoms with Crippen LogP contribution in [0.5, 0.6) is 0 Å². The molecule has 0 saturated carbocycles. The zero-order chi connectivity index (χ0) is 30.1. The van der Waals surface area contributed by atoms with Crippen LogP contribution in [0.15, 0.2) is 114 Å². The molecule has 218 valence electrons. The van der Waals surface area contributed by atoms with Gasteiger partial charge in [-0.15, -0.1) is 0 Å². The number of amides is 2. The highest BCUT2D eigenvalue weighted by Crippen LogP contribution is 2.26. The molecule has 0 radical (unpaired) electrons. The number of sulfonamides is 1. The van der Waals surface area contributed by atoms with E-state index >= 15 is 0 Å². The molecule has 0 aliphatic heterocycles. The van der Waals surface area contributed by atoms with E-state index in [1.807, 2.05) is 93.6 Å². The number of aryl methyl sites for hydroxylation is 2. The second-order valence-electron chi connectivity index (χ2n) is 10.3. The predicted octanol–water partition coefficient (Wildman–Crippen LogP) is 5.27. The molecule has 0 spiro atoms. The number of carbonyl (C=O) groups is 2. The fourth-order valence-electron chi connectivity index (χ4n) is 4.70. The van der Waals surface area contributed by atoms with E-state index in [-0.39, 0.29) is 23.8 Å². The van der Waals surface area contributed by atoms with Gasteiger partial charge in [-0.3, -0.25) is 13.9 Å². The number of nitrogens with zero attached hydrogens (tertiary/aromatic N) is 2. The molecule has 8 heteroatoms. The Morgan fingerprint density at radius 2 is 1.26 bits per heavy atom. The summed E-state index contributed by atoms with van der Waals surface area (Å²) in [4.78, 5) is 29.4. The van der Waals surface area contributed by atoms with Crippen LogP contribution in [-0.4, -0.2) is 44.3 Å². The van der Waals surface area contributed by atoms with Crippen molar-refractivity contribution < 1.29 is 18.0 Å². The third-order valence-electron chi connectivity index (χ3n) is 7.03. The number of carbonyl (C=O) groups excluding carboxylic acids is 2. The summed E-state index contributed by atoms with van der Waals surface area (Å²) in [7, 11) is -4.11. The fraction of sp³-hybridized carbons (Fsp3) is 0.235. The summed E-state index contributed by atoms with van der Waals surface area (Å²) in [6.07, 6.45) is 0.278. The minimum absolute atomic E-state index is 0.0839. The molecule has 1 N–H and O–H groups in total. The molecule has 0 bridgehead atoms. The largest absolute Gasteiger partial charge is 0.355 e. The molecule has 0 heterocycles. The lowest BCUT2D eigenvalue weighted by molar-refractivity contribution is -0.140. The van der Waals surface area contributed by atoms with E-state index in [2.05, 4.69) is 5.32 Å². The maximum Gasteiger partial charge on any atom is 0.264 e. The normalized spacial score (nSPS) is 11.9. The second kappa shape index (κ2) is 14.0. The molecule has 42 heavy (non-hydrogen) atoms. The first-order valence-corrected chi connectivity index (χ1v) is 15.4. The molecule has 4 aromatic carbocycles. The van der Waals surface area contributed by atoms with Crippen molar-refractivity contribution in [1.29, 1.82) is 0 Å². The Bertz CT molecular complexity index is 1570. The third-order valence-corrected chi connectivity index (χ3v) is 8.82. The molecule has 0 aromatic heterocycles. The summed E-state index contributed by atoms with van der Waals surface area (Å²) < 4.78 is 29.2. The van der Waals surface area contributed by atoms with Crippen molar-refractivity contribution in [3.63, 3.8) is 0 Å². The van der Waals surface area contributed by atoms with E-state index in [0.29, 0.717) is 12.2 Å². The maximum atomic E-state index is 14.3. The Labute approximate surface area is 248 Å². The number of anilines is 1. The highest BCUT2D eigenvalue weighted by molar-refractivity contribution is 7.92. The summed E-state index contributed by atoms with van der Waals surface area (Å²) >= 11 is 0. The molecule has 0 unspecified atom stereocenters. The number of hydrogen-bond donors (Lipinski definition) is 1. The van der Waals surface area contributed by atoms with Gasteiger partial charge in [0.2, 0.25) is 11.8 Å². The van der Waals surface area contributed by atoms with Gasteiger partial charge in [-0.05, 0) is 56.2 Å². The lowest BCUT2D eigenvalue weighted by Gasteiger charge is -2.33. The number of likely N-dealkylation sites (N-methyl/N-ethyl adjacent to an activating group) is 1. The van der Waals surface area contributed by atoms with Crippen molar-refractivity contribution >= 4 is 27.5 Å². The quantitative estimate of drug-likeness (QED) is 0.246. The molecular weight excluding hydrogens is 546 g/mol. The molecule has 4 rings (SSSR count). The number of benzene rings is 4. The molecule has 0 aliphatic carbocycles. The van der Waals surface area contributed by atoms with Gasteiger partial charge < -0.3 is 10.2 Å². The van der Waals surface area contributed by atoms with E-state index in [9.17, 15) is 18.0 Å². The number of nitrogens with one attached hydrogen (secondary N) is 1. The number of rotatable bonds is 12. The van der Waals surface area contributed by atoms with Gasteiger partial charge in [0, 0.05) is 19.5 Å². The van der Waals surface area contributed by atoms with Crippen molar-refractivity contribution in [2.24, 2.45) is 0 Å². The Hall–Kier alpha value is -4.43. The highest BCUT2D eigenvalue weighted by atomic mass is 32.2. The minimum Gasteiger partial charge on any atom is -0.355 e. The smallest absolute Gasteiger partial charge is 0.264 e.